The molecule has 7 nitrogen and oxygen atoms in total. The Kier molecular flexibility index (Phi) is 6.01. The molecule has 0 radical (unpaired) electrons. The van der Waals surface area contributed by atoms with E-state index in [4.69, 9.17) is 0 Å². The highest BCUT2D eigenvalue weighted by atomic mass is 19.1. The third-order valence-corrected chi connectivity index (χ3v) is 6.16. The van der Waals surface area contributed by atoms with Crippen LogP contribution < -0.4 is 5.32 Å². The number of pyridine rings is 1. The lowest BCUT2D eigenvalue weighted by Gasteiger charge is -2.17. The van der Waals surface area contributed by atoms with Crippen molar-refractivity contribution in [1.82, 2.24) is 19.9 Å². The normalized spacial score (nSPS) is 15.2. The number of fused-ring (bicyclic) bond motifs is 1. The third-order valence-electron chi connectivity index (χ3n) is 6.16. The first-order chi connectivity index (χ1) is 17.0. The van der Waals surface area contributed by atoms with Crippen LogP contribution in [-0.2, 0) is 4.79 Å². The molecule has 3 heterocycles. The third kappa shape index (κ3) is 4.63. The maximum absolute atomic E-state index is 13.4. The Hall–Kier alpha value is -4.46. The predicted molar refractivity (Wildman–Crippen MR) is 131 cm³/mol. The van der Waals surface area contributed by atoms with Crippen molar-refractivity contribution in [2.75, 3.05) is 18.4 Å². The molecule has 1 aliphatic heterocycles. The Morgan fingerprint density at radius 3 is 2.74 bits per heavy atom. The number of likely N-dealkylation sites (tertiary alicyclic amines) is 1. The molecule has 0 bridgehead atoms. The maximum Gasteiger partial charge on any atom is 0.274 e. The fraction of sp³-hybridized carbons (Fsp3) is 0.148. The van der Waals surface area contributed by atoms with Crippen molar-refractivity contribution in [1.29, 1.82) is 0 Å². The van der Waals surface area contributed by atoms with Gasteiger partial charge >= 0.3 is 0 Å². The van der Waals surface area contributed by atoms with E-state index in [9.17, 15) is 14.0 Å². The van der Waals surface area contributed by atoms with Gasteiger partial charge in [0.15, 0.2) is 0 Å². The highest BCUT2D eigenvalue weighted by Gasteiger charge is 2.28. The van der Waals surface area contributed by atoms with Gasteiger partial charge in [0, 0.05) is 48.0 Å². The minimum Gasteiger partial charge on any atom is -0.339 e. The van der Waals surface area contributed by atoms with Crippen LogP contribution in [0.25, 0.3) is 22.0 Å². The second-order valence-electron chi connectivity index (χ2n) is 8.40. The molecule has 1 atom stereocenters. The fourth-order valence-corrected chi connectivity index (χ4v) is 4.41. The molecule has 1 N–H and O–H groups in total. The summed E-state index contributed by atoms with van der Waals surface area (Å²) >= 11 is 0. The number of halogens is 1. The molecule has 1 unspecified atom stereocenters. The monoisotopic (exact) mass is 467 g/mol. The molecule has 0 aliphatic carbocycles. The molecule has 4 aromatic rings. The van der Waals surface area contributed by atoms with Crippen LogP contribution in [0.4, 0.5) is 10.1 Å². The van der Waals surface area contributed by atoms with Gasteiger partial charge in [0.05, 0.1) is 5.52 Å². The fourth-order valence-electron chi connectivity index (χ4n) is 4.41. The van der Waals surface area contributed by atoms with Crippen LogP contribution in [0.1, 0.15) is 28.4 Å². The topological polar surface area (TPSA) is 88.1 Å². The first-order valence-electron chi connectivity index (χ1n) is 11.2. The summed E-state index contributed by atoms with van der Waals surface area (Å²) in [6, 6.07) is 13.2. The number of rotatable bonds is 5. The summed E-state index contributed by atoms with van der Waals surface area (Å²) < 4.78 is 13.4. The van der Waals surface area contributed by atoms with Crippen LogP contribution in [-0.4, -0.2) is 44.8 Å². The van der Waals surface area contributed by atoms with Gasteiger partial charge in [-0.05, 0) is 60.0 Å². The van der Waals surface area contributed by atoms with Gasteiger partial charge in [0.1, 0.15) is 17.8 Å². The summed E-state index contributed by atoms with van der Waals surface area (Å²) in [5.41, 5.74) is 4.24. The predicted octanol–water partition coefficient (Wildman–Crippen LogP) is 4.59. The number of carbonyl (C=O) groups is 2. The molecule has 174 valence electrons. The summed E-state index contributed by atoms with van der Waals surface area (Å²) in [6.07, 6.45) is 7.11. The zero-order valence-corrected chi connectivity index (χ0v) is 18.8. The molecular weight excluding hydrogens is 445 g/mol. The number of nitrogens with zero attached hydrogens (tertiary/aromatic N) is 4. The van der Waals surface area contributed by atoms with Crippen molar-refractivity contribution in [3.63, 3.8) is 0 Å². The molecule has 0 spiro atoms. The average molecular weight is 468 g/mol. The van der Waals surface area contributed by atoms with Crippen molar-refractivity contribution < 1.29 is 14.0 Å². The van der Waals surface area contributed by atoms with Gasteiger partial charge < -0.3 is 10.2 Å². The molecule has 8 heteroatoms. The molecule has 2 aromatic carbocycles. The standard InChI is InChI=1S/C27H22FN5O2/c1-2-25(34)33-9-8-18(15-33)23-11-19(10-20-13-29-16-31-26(20)23)17-6-7-24(30-14-17)27(35)32-22-5-3-4-21(28)12-22/h2-7,10-14,16,18H,1,8-9,15H2,(H,32,35). The van der Waals surface area contributed by atoms with E-state index in [0.29, 0.717) is 18.8 Å². The molecule has 35 heavy (non-hydrogen) atoms. The summed E-state index contributed by atoms with van der Waals surface area (Å²) in [6.45, 7) is 4.86. The lowest BCUT2D eigenvalue weighted by atomic mass is 9.92. The van der Waals surface area contributed by atoms with E-state index in [2.05, 4.69) is 32.9 Å². The van der Waals surface area contributed by atoms with Crippen LogP contribution >= 0.6 is 0 Å². The Morgan fingerprint density at radius 2 is 1.97 bits per heavy atom. The van der Waals surface area contributed by atoms with Crippen molar-refractivity contribution in [3.8, 4) is 11.1 Å². The van der Waals surface area contributed by atoms with Crippen molar-refractivity contribution in [2.24, 2.45) is 0 Å². The van der Waals surface area contributed by atoms with Crippen molar-refractivity contribution in [3.05, 3.63) is 97.0 Å². The van der Waals surface area contributed by atoms with Gasteiger partial charge in [0.2, 0.25) is 5.91 Å². The number of aromatic nitrogens is 3. The van der Waals surface area contributed by atoms with Gasteiger partial charge in [-0.1, -0.05) is 18.7 Å². The maximum atomic E-state index is 13.4. The molecular formula is C27H22FN5O2. The Balaban J connectivity index is 1.43. The SMILES string of the molecule is C=CC(=O)N1CCC(c2cc(-c3ccc(C(=O)Nc4cccc(F)c4)nc3)cc3cncnc23)C1. The smallest absolute Gasteiger partial charge is 0.274 e. The second-order valence-corrected chi connectivity index (χ2v) is 8.40. The molecule has 0 saturated carbocycles. The molecule has 2 amide bonds. The van der Waals surface area contributed by atoms with Gasteiger partial charge in [-0.2, -0.15) is 0 Å². The Morgan fingerprint density at radius 1 is 1.09 bits per heavy atom. The lowest BCUT2D eigenvalue weighted by Crippen LogP contribution is -2.26. The van der Waals surface area contributed by atoms with E-state index in [1.54, 1.807) is 29.4 Å². The quantitative estimate of drug-likeness (QED) is 0.434. The van der Waals surface area contributed by atoms with E-state index in [1.807, 2.05) is 12.1 Å². The highest BCUT2D eigenvalue weighted by Crippen LogP contribution is 2.35. The number of benzene rings is 2. The number of nitrogens with one attached hydrogen (secondary N) is 1. The molecule has 1 fully saturated rings. The molecule has 5 rings (SSSR count). The molecule has 1 saturated heterocycles. The van der Waals surface area contributed by atoms with Crippen LogP contribution in [0.3, 0.4) is 0 Å². The number of carbonyl (C=O) groups excluding carboxylic acids is 2. The lowest BCUT2D eigenvalue weighted by molar-refractivity contribution is -0.125. The van der Waals surface area contributed by atoms with Crippen LogP contribution in [0.5, 0.6) is 0 Å². The molecule has 1 aliphatic rings. The average Bonchev–Trinajstić information content (AvgIpc) is 3.38. The number of hydrogen-bond acceptors (Lipinski definition) is 5. The summed E-state index contributed by atoms with van der Waals surface area (Å²) in [7, 11) is 0. The van der Waals surface area contributed by atoms with E-state index >= 15 is 0 Å². The zero-order chi connectivity index (χ0) is 24.4. The number of hydrogen-bond donors (Lipinski definition) is 1. The van der Waals surface area contributed by atoms with Crippen LogP contribution in [0.15, 0.2) is 79.9 Å². The van der Waals surface area contributed by atoms with Gasteiger partial charge in [-0.25, -0.2) is 14.4 Å². The number of anilines is 1. The van der Waals surface area contributed by atoms with Gasteiger partial charge in [-0.3, -0.25) is 14.6 Å². The summed E-state index contributed by atoms with van der Waals surface area (Å²) in [5, 5.41) is 3.54. The van der Waals surface area contributed by atoms with E-state index < -0.39 is 11.7 Å². The zero-order valence-electron chi connectivity index (χ0n) is 18.8. The van der Waals surface area contributed by atoms with Crippen LogP contribution in [0, 0.1) is 5.82 Å². The minimum atomic E-state index is -0.429. The Bertz CT molecular complexity index is 1440. The number of amides is 2. The molecule has 2 aromatic heterocycles. The van der Waals surface area contributed by atoms with Crippen molar-refractivity contribution >= 4 is 28.4 Å². The highest BCUT2D eigenvalue weighted by molar-refractivity contribution is 6.03. The van der Waals surface area contributed by atoms with Gasteiger partial charge in [0.25, 0.3) is 5.91 Å². The van der Waals surface area contributed by atoms with Crippen LogP contribution in [0.2, 0.25) is 0 Å². The van der Waals surface area contributed by atoms with E-state index in [1.165, 1.54) is 30.6 Å². The second kappa shape index (κ2) is 9.42. The van der Waals surface area contributed by atoms with E-state index in [-0.39, 0.29) is 17.5 Å². The first-order valence-corrected chi connectivity index (χ1v) is 11.2. The van der Waals surface area contributed by atoms with Gasteiger partial charge in [-0.15, -0.1) is 0 Å². The largest absolute Gasteiger partial charge is 0.339 e. The van der Waals surface area contributed by atoms with Crippen molar-refractivity contribution in [2.45, 2.75) is 12.3 Å². The Labute approximate surface area is 201 Å². The first kappa shape index (κ1) is 22.3. The summed E-state index contributed by atoms with van der Waals surface area (Å²) in [4.78, 5) is 39.4. The minimum absolute atomic E-state index is 0.0705. The van der Waals surface area contributed by atoms with E-state index in [0.717, 1.165) is 34.0 Å². The summed E-state index contributed by atoms with van der Waals surface area (Å²) in [5.74, 6) is -0.784.